The predicted molar refractivity (Wildman–Crippen MR) is 64.2 cm³/mol. The molecule has 0 fully saturated rings. The maximum Gasteiger partial charge on any atom is 0.0743 e. The number of hydrogen-bond donors (Lipinski definition) is 1. The van der Waals surface area contributed by atoms with Crippen LogP contribution in [0.2, 0.25) is 0 Å². The summed E-state index contributed by atoms with van der Waals surface area (Å²) >= 11 is 0. The van der Waals surface area contributed by atoms with Crippen molar-refractivity contribution < 1.29 is 0 Å². The van der Waals surface area contributed by atoms with Crippen LogP contribution in [-0.2, 0) is 0 Å². The fourth-order valence-corrected chi connectivity index (χ4v) is 1.01. The Morgan fingerprint density at radius 2 is 1.64 bits per heavy atom. The van der Waals surface area contributed by atoms with Crippen LogP contribution in [0.1, 0.15) is 48.5 Å². The molecule has 0 aliphatic heterocycles. The summed E-state index contributed by atoms with van der Waals surface area (Å²) in [7, 11) is 0. The Balaban J connectivity index is 4.22. The van der Waals surface area contributed by atoms with E-state index in [1.165, 1.54) is 0 Å². The van der Waals surface area contributed by atoms with E-state index in [1.807, 2.05) is 6.92 Å². The molecule has 1 nitrogen and oxygen atoms in total. The zero-order chi connectivity index (χ0) is 11.4. The molecule has 0 spiro atoms. The molecule has 0 unspecified atom stereocenters. The van der Waals surface area contributed by atoms with Gasteiger partial charge in [-0.3, -0.25) is 0 Å². The summed E-state index contributed by atoms with van der Waals surface area (Å²) in [5.41, 5.74) is 0.258. The van der Waals surface area contributed by atoms with Crippen molar-refractivity contribution in [1.82, 2.24) is 5.32 Å². The molecule has 0 aliphatic rings. The van der Waals surface area contributed by atoms with Crippen molar-refractivity contribution >= 4 is 0 Å². The first-order valence-electron chi connectivity index (χ1n) is 5.40. The van der Waals surface area contributed by atoms with Crippen LogP contribution in [0.15, 0.2) is 0 Å². The van der Waals surface area contributed by atoms with Gasteiger partial charge in [-0.1, -0.05) is 33.6 Å². The predicted octanol–water partition coefficient (Wildman–Crippen LogP) is 3.06. The van der Waals surface area contributed by atoms with Gasteiger partial charge in [0.25, 0.3) is 0 Å². The number of nitrogens with one attached hydrogen (secondary N) is 1. The van der Waals surface area contributed by atoms with E-state index >= 15 is 0 Å². The third-order valence-electron chi connectivity index (χ3n) is 2.99. The summed E-state index contributed by atoms with van der Waals surface area (Å²) in [6.45, 7) is 16.3. The molecule has 0 heterocycles. The van der Waals surface area contributed by atoms with Crippen LogP contribution in [0.5, 0.6) is 0 Å². The zero-order valence-electron chi connectivity index (χ0n) is 10.8. The van der Waals surface area contributed by atoms with Crippen molar-refractivity contribution in [1.29, 1.82) is 0 Å². The van der Waals surface area contributed by atoms with Crippen molar-refractivity contribution in [2.24, 2.45) is 11.3 Å². The minimum Gasteiger partial charge on any atom is -0.301 e. The van der Waals surface area contributed by atoms with Crippen LogP contribution in [0.25, 0.3) is 0 Å². The lowest BCUT2D eigenvalue weighted by atomic mass is 9.80. The van der Waals surface area contributed by atoms with Gasteiger partial charge in [0.05, 0.1) is 5.54 Å². The molecule has 0 rings (SSSR count). The second-order valence-electron chi connectivity index (χ2n) is 5.50. The lowest BCUT2D eigenvalue weighted by Crippen LogP contribution is -2.44. The Morgan fingerprint density at radius 3 is 2.00 bits per heavy atom. The van der Waals surface area contributed by atoms with Crippen molar-refractivity contribution in [3.8, 4) is 11.8 Å². The van der Waals surface area contributed by atoms with Crippen molar-refractivity contribution in [2.75, 3.05) is 6.54 Å². The molecular weight excluding hydrogens is 170 g/mol. The molecule has 0 radical (unpaired) electrons. The smallest absolute Gasteiger partial charge is 0.0743 e. The third-order valence-corrected chi connectivity index (χ3v) is 2.99. The van der Waals surface area contributed by atoms with E-state index in [1.54, 1.807) is 0 Å². The first-order chi connectivity index (χ1) is 6.21. The van der Waals surface area contributed by atoms with Gasteiger partial charge in [-0.15, -0.1) is 5.92 Å². The molecule has 0 amide bonds. The molecule has 0 bridgehead atoms. The van der Waals surface area contributed by atoms with Crippen LogP contribution in [0.4, 0.5) is 0 Å². The van der Waals surface area contributed by atoms with E-state index in [4.69, 9.17) is 0 Å². The molecule has 0 saturated heterocycles. The fraction of sp³-hybridized carbons (Fsp3) is 0.846. The maximum atomic E-state index is 3.51. The molecule has 0 aromatic carbocycles. The molecular formula is C13H25N. The number of rotatable bonds is 4. The molecule has 14 heavy (non-hydrogen) atoms. The lowest BCUT2D eigenvalue weighted by molar-refractivity contribution is 0.223. The van der Waals surface area contributed by atoms with E-state index in [-0.39, 0.29) is 5.54 Å². The minimum absolute atomic E-state index is 0.0685. The Bertz CT molecular complexity index is 225. The van der Waals surface area contributed by atoms with Gasteiger partial charge in [0.15, 0.2) is 0 Å². The monoisotopic (exact) mass is 195 g/mol. The Hall–Kier alpha value is -0.480. The van der Waals surface area contributed by atoms with Crippen LogP contribution < -0.4 is 5.32 Å². The van der Waals surface area contributed by atoms with Crippen LogP contribution >= 0.6 is 0 Å². The normalized spacial score (nSPS) is 12.6. The average Bonchev–Trinajstić information content (AvgIpc) is 2.01. The van der Waals surface area contributed by atoms with E-state index in [9.17, 15) is 0 Å². The first kappa shape index (κ1) is 13.5. The van der Waals surface area contributed by atoms with Crippen LogP contribution in [0, 0.1) is 23.2 Å². The van der Waals surface area contributed by atoms with E-state index in [0.29, 0.717) is 11.3 Å². The molecule has 0 aromatic rings. The SMILES string of the molecule is CC#CC(C)(C)NCC(C)(C)C(C)C. The highest BCUT2D eigenvalue weighted by atomic mass is 15.0. The summed E-state index contributed by atoms with van der Waals surface area (Å²) < 4.78 is 0. The van der Waals surface area contributed by atoms with Crippen molar-refractivity contribution in [3.63, 3.8) is 0 Å². The van der Waals surface area contributed by atoms with Crippen LogP contribution in [-0.4, -0.2) is 12.1 Å². The highest BCUT2D eigenvalue weighted by molar-refractivity contribution is 5.12. The van der Waals surface area contributed by atoms with Gasteiger partial charge in [0.2, 0.25) is 0 Å². The second kappa shape index (κ2) is 4.84. The Kier molecular flexibility index (Phi) is 4.68. The zero-order valence-corrected chi connectivity index (χ0v) is 10.8. The fourth-order valence-electron chi connectivity index (χ4n) is 1.01. The summed E-state index contributed by atoms with van der Waals surface area (Å²) in [5, 5.41) is 3.51. The van der Waals surface area contributed by atoms with Crippen molar-refractivity contribution in [2.45, 2.75) is 54.0 Å². The Labute approximate surface area is 89.7 Å². The minimum atomic E-state index is -0.0685. The Morgan fingerprint density at radius 1 is 1.14 bits per heavy atom. The highest BCUT2D eigenvalue weighted by Gasteiger charge is 2.25. The van der Waals surface area contributed by atoms with Gasteiger partial charge in [-0.25, -0.2) is 0 Å². The molecule has 0 saturated carbocycles. The van der Waals surface area contributed by atoms with Gasteiger partial charge in [0, 0.05) is 6.54 Å². The van der Waals surface area contributed by atoms with E-state index < -0.39 is 0 Å². The van der Waals surface area contributed by atoms with Gasteiger partial charge < -0.3 is 5.32 Å². The third kappa shape index (κ3) is 4.67. The summed E-state index contributed by atoms with van der Waals surface area (Å²) in [6.07, 6.45) is 0. The highest BCUT2D eigenvalue weighted by Crippen LogP contribution is 2.25. The lowest BCUT2D eigenvalue weighted by Gasteiger charge is -2.33. The molecule has 0 atom stereocenters. The topological polar surface area (TPSA) is 12.0 Å². The van der Waals surface area contributed by atoms with Gasteiger partial charge in [-0.05, 0) is 32.1 Å². The summed E-state index contributed by atoms with van der Waals surface area (Å²) in [5.74, 6) is 6.81. The van der Waals surface area contributed by atoms with Gasteiger partial charge in [0.1, 0.15) is 0 Å². The molecule has 0 aromatic heterocycles. The second-order valence-corrected chi connectivity index (χ2v) is 5.50. The maximum absolute atomic E-state index is 3.51. The average molecular weight is 195 g/mol. The van der Waals surface area contributed by atoms with Crippen LogP contribution in [0.3, 0.4) is 0 Å². The summed E-state index contributed by atoms with van der Waals surface area (Å²) in [6, 6.07) is 0. The van der Waals surface area contributed by atoms with Gasteiger partial charge >= 0.3 is 0 Å². The first-order valence-corrected chi connectivity index (χ1v) is 5.40. The molecule has 82 valence electrons. The standard InChI is InChI=1S/C13H25N/c1-8-9-13(6,7)14-10-12(4,5)11(2)3/h11,14H,10H2,1-7H3. The number of hydrogen-bond acceptors (Lipinski definition) is 1. The van der Waals surface area contributed by atoms with E-state index in [2.05, 4.69) is 58.7 Å². The molecule has 1 N–H and O–H groups in total. The molecule has 1 heteroatoms. The quantitative estimate of drug-likeness (QED) is 0.680. The largest absolute Gasteiger partial charge is 0.301 e. The van der Waals surface area contributed by atoms with Crippen molar-refractivity contribution in [3.05, 3.63) is 0 Å². The van der Waals surface area contributed by atoms with E-state index in [0.717, 1.165) is 6.54 Å². The summed E-state index contributed by atoms with van der Waals surface area (Å²) in [4.78, 5) is 0. The van der Waals surface area contributed by atoms with Gasteiger partial charge in [-0.2, -0.15) is 0 Å². The molecule has 0 aliphatic carbocycles.